The second-order valence-corrected chi connectivity index (χ2v) is 7.65. The minimum absolute atomic E-state index is 0.161. The molecule has 8 heteroatoms. The average molecular weight is 441 g/mol. The number of hydrogen-bond acceptors (Lipinski definition) is 4. The molecule has 0 spiro atoms. The summed E-state index contributed by atoms with van der Waals surface area (Å²) in [6, 6.07) is 13.5. The number of urea groups is 1. The zero-order valence-electron chi connectivity index (χ0n) is 18.7. The maximum Gasteiger partial charge on any atom is 0.317 e. The second-order valence-electron chi connectivity index (χ2n) is 7.65. The number of carbonyl (C=O) groups is 2. The van der Waals surface area contributed by atoms with Crippen molar-refractivity contribution in [3.05, 3.63) is 71.0 Å². The van der Waals surface area contributed by atoms with Gasteiger partial charge in [-0.25, -0.2) is 14.2 Å². The van der Waals surface area contributed by atoms with Crippen molar-refractivity contribution < 1.29 is 18.7 Å². The molecule has 0 saturated heterocycles. The fourth-order valence-electron chi connectivity index (χ4n) is 3.60. The van der Waals surface area contributed by atoms with Crippen LogP contribution >= 0.6 is 0 Å². The zero-order valence-corrected chi connectivity index (χ0v) is 18.7. The summed E-state index contributed by atoms with van der Waals surface area (Å²) in [7, 11) is 1.54. The first-order chi connectivity index (χ1) is 15.4. The van der Waals surface area contributed by atoms with E-state index < -0.39 is 0 Å². The van der Waals surface area contributed by atoms with Gasteiger partial charge in [0.05, 0.1) is 18.4 Å². The number of nitrogens with zero attached hydrogens (tertiary/aromatic N) is 3. The van der Waals surface area contributed by atoms with E-state index in [0.717, 1.165) is 11.1 Å². The van der Waals surface area contributed by atoms with Crippen LogP contribution < -0.4 is 5.32 Å². The number of amides is 3. The summed E-state index contributed by atoms with van der Waals surface area (Å²) in [5, 5.41) is 8.61. The largest absolute Gasteiger partial charge is 0.383 e. The van der Waals surface area contributed by atoms with E-state index in [1.165, 1.54) is 23.1 Å². The van der Waals surface area contributed by atoms with Gasteiger partial charge in [0.25, 0.3) is 5.91 Å². The van der Waals surface area contributed by atoms with Gasteiger partial charge in [0, 0.05) is 32.2 Å². The van der Waals surface area contributed by atoms with Crippen LogP contribution in [0.3, 0.4) is 0 Å². The molecule has 1 atom stereocenters. The van der Waals surface area contributed by atoms with Crippen molar-refractivity contribution in [2.75, 3.05) is 33.4 Å². The first-order valence-electron chi connectivity index (χ1n) is 10.7. The zero-order chi connectivity index (χ0) is 23.1. The maximum absolute atomic E-state index is 14.4. The van der Waals surface area contributed by atoms with Gasteiger partial charge in [0.15, 0.2) is 0 Å². The summed E-state index contributed by atoms with van der Waals surface area (Å²) < 4.78 is 19.5. The van der Waals surface area contributed by atoms with Gasteiger partial charge in [-0.1, -0.05) is 48.0 Å². The molecule has 1 aliphatic rings. The van der Waals surface area contributed by atoms with Gasteiger partial charge in [-0.05, 0) is 25.5 Å². The molecule has 0 fully saturated rings. The van der Waals surface area contributed by atoms with Gasteiger partial charge in [0.1, 0.15) is 12.4 Å². The Balaban J connectivity index is 1.90. The number of rotatable bonds is 8. The topological polar surface area (TPSA) is 74.2 Å². The van der Waals surface area contributed by atoms with E-state index in [-0.39, 0.29) is 36.9 Å². The minimum Gasteiger partial charge on any atom is -0.383 e. The standard InChI is InChI=1S/C24H29FN4O3/c1-4-26-24(31)28(13-14-32-3)16-23(30)29-22(18-11-9-17(2)10-12-18)15-21(27-29)19-7-5-6-8-20(19)25/h5-12,22H,4,13-16H2,1-3H3,(H,26,31). The summed E-state index contributed by atoms with van der Waals surface area (Å²) >= 11 is 0. The van der Waals surface area contributed by atoms with E-state index in [4.69, 9.17) is 4.74 Å². The number of aryl methyl sites for hydroxylation is 1. The smallest absolute Gasteiger partial charge is 0.317 e. The highest BCUT2D eigenvalue weighted by atomic mass is 19.1. The van der Waals surface area contributed by atoms with Gasteiger partial charge in [-0.2, -0.15) is 5.10 Å². The Morgan fingerprint density at radius 2 is 1.94 bits per heavy atom. The SMILES string of the molecule is CCNC(=O)N(CCOC)CC(=O)N1N=C(c2ccccc2F)CC1c1ccc(C)cc1. The van der Waals surface area contributed by atoms with E-state index in [9.17, 15) is 14.0 Å². The molecule has 0 aromatic heterocycles. The molecular formula is C24H29FN4O3. The van der Waals surface area contributed by atoms with Gasteiger partial charge < -0.3 is 15.0 Å². The molecular weight excluding hydrogens is 411 g/mol. The average Bonchev–Trinajstić information content (AvgIpc) is 3.22. The predicted octanol–water partition coefficient (Wildman–Crippen LogP) is 3.49. The molecule has 1 aliphatic heterocycles. The molecule has 0 aliphatic carbocycles. The van der Waals surface area contributed by atoms with E-state index in [2.05, 4.69) is 10.4 Å². The molecule has 0 bridgehead atoms. The minimum atomic E-state index is -0.382. The Labute approximate surface area is 187 Å². The molecule has 1 N–H and O–H groups in total. The number of halogens is 1. The number of nitrogens with one attached hydrogen (secondary N) is 1. The van der Waals surface area contributed by atoms with Crippen LogP contribution in [0.1, 0.15) is 36.1 Å². The van der Waals surface area contributed by atoms with Gasteiger partial charge in [0.2, 0.25) is 0 Å². The Bertz CT molecular complexity index is 977. The monoisotopic (exact) mass is 440 g/mol. The van der Waals surface area contributed by atoms with Crippen LogP contribution in [0.4, 0.5) is 9.18 Å². The molecule has 1 heterocycles. The normalized spacial score (nSPS) is 15.4. The third-order valence-electron chi connectivity index (χ3n) is 5.32. The summed E-state index contributed by atoms with van der Waals surface area (Å²) in [6.45, 7) is 4.65. The molecule has 170 valence electrons. The van der Waals surface area contributed by atoms with E-state index in [0.29, 0.717) is 30.8 Å². The Morgan fingerprint density at radius 1 is 1.22 bits per heavy atom. The van der Waals surface area contributed by atoms with Crippen LogP contribution in [0.25, 0.3) is 0 Å². The summed E-state index contributed by atoms with van der Waals surface area (Å²) in [5.74, 6) is -0.725. The van der Waals surface area contributed by atoms with E-state index in [1.807, 2.05) is 38.1 Å². The Kier molecular flexibility index (Phi) is 7.94. The van der Waals surface area contributed by atoms with Crippen molar-refractivity contribution in [1.29, 1.82) is 0 Å². The highest BCUT2D eigenvalue weighted by Crippen LogP contribution is 2.33. The second kappa shape index (κ2) is 10.9. The molecule has 3 amide bonds. The molecule has 0 radical (unpaired) electrons. The number of ether oxygens (including phenoxy) is 1. The van der Waals surface area contributed by atoms with Crippen molar-refractivity contribution in [2.24, 2.45) is 5.10 Å². The number of hydrogen-bond donors (Lipinski definition) is 1. The number of hydrazone groups is 1. The quantitative estimate of drug-likeness (QED) is 0.683. The lowest BCUT2D eigenvalue weighted by Gasteiger charge is -2.27. The summed E-state index contributed by atoms with van der Waals surface area (Å²) in [4.78, 5) is 27.1. The van der Waals surface area contributed by atoms with Crippen LogP contribution in [0.5, 0.6) is 0 Å². The highest BCUT2D eigenvalue weighted by Gasteiger charge is 2.35. The van der Waals surface area contributed by atoms with Crippen LogP contribution in [0.2, 0.25) is 0 Å². The molecule has 7 nitrogen and oxygen atoms in total. The predicted molar refractivity (Wildman–Crippen MR) is 121 cm³/mol. The van der Waals surface area contributed by atoms with Gasteiger partial charge >= 0.3 is 6.03 Å². The highest BCUT2D eigenvalue weighted by molar-refractivity contribution is 6.03. The van der Waals surface area contributed by atoms with Crippen molar-refractivity contribution in [2.45, 2.75) is 26.3 Å². The number of benzene rings is 2. The van der Waals surface area contributed by atoms with Crippen LogP contribution in [-0.2, 0) is 9.53 Å². The van der Waals surface area contributed by atoms with E-state index in [1.54, 1.807) is 18.2 Å². The molecule has 2 aromatic rings. The fraction of sp³-hybridized carbons (Fsp3) is 0.375. The first kappa shape index (κ1) is 23.4. The third-order valence-corrected chi connectivity index (χ3v) is 5.32. The van der Waals surface area contributed by atoms with Crippen molar-refractivity contribution >= 4 is 17.6 Å². The number of carbonyl (C=O) groups excluding carboxylic acids is 2. The van der Waals surface area contributed by atoms with Gasteiger partial charge in [-0.15, -0.1) is 0 Å². The molecule has 32 heavy (non-hydrogen) atoms. The van der Waals surface area contributed by atoms with Crippen molar-refractivity contribution in [1.82, 2.24) is 15.2 Å². The van der Waals surface area contributed by atoms with Crippen molar-refractivity contribution in [3.8, 4) is 0 Å². The van der Waals surface area contributed by atoms with Crippen LogP contribution in [-0.4, -0.2) is 60.9 Å². The maximum atomic E-state index is 14.4. The lowest BCUT2D eigenvalue weighted by atomic mass is 9.97. The molecule has 2 aromatic carbocycles. The summed E-state index contributed by atoms with van der Waals surface area (Å²) in [5.41, 5.74) is 2.88. The Morgan fingerprint density at radius 3 is 2.59 bits per heavy atom. The lowest BCUT2D eigenvalue weighted by molar-refractivity contribution is -0.133. The van der Waals surface area contributed by atoms with Gasteiger partial charge in [-0.3, -0.25) is 4.79 Å². The van der Waals surface area contributed by atoms with Crippen LogP contribution in [0, 0.1) is 12.7 Å². The third kappa shape index (κ3) is 5.50. The molecule has 1 unspecified atom stereocenters. The van der Waals surface area contributed by atoms with Crippen LogP contribution in [0.15, 0.2) is 53.6 Å². The number of methoxy groups -OCH3 is 1. The molecule has 3 rings (SSSR count). The Hall–Kier alpha value is -3.26. The fourth-order valence-corrected chi connectivity index (χ4v) is 3.60. The van der Waals surface area contributed by atoms with E-state index >= 15 is 0 Å². The van der Waals surface area contributed by atoms with Crippen molar-refractivity contribution in [3.63, 3.8) is 0 Å². The summed E-state index contributed by atoms with van der Waals surface area (Å²) in [6.07, 6.45) is 0.384. The molecule has 0 saturated carbocycles. The lowest BCUT2D eigenvalue weighted by Crippen LogP contribution is -2.47. The first-order valence-corrected chi connectivity index (χ1v) is 10.7.